The van der Waals surface area contributed by atoms with Gasteiger partial charge in [-0.2, -0.15) is 0 Å². The highest BCUT2D eigenvalue weighted by atomic mass is 35.5. The number of phenolic OH excluding ortho intramolecular Hbond substituents is 1. The molecule has 6 nitrogen and oxygen atoms in total. The lowest BCUT2D eigenvalue weighted by Gasteiger charge is -2.26. The van der Waals surface area contributed by atoms with Crippen LogP contribution in [0, 0.1) is 5.41 Å². The number of hydrogen-bond donors (Lipinski definition) is 4. The SMILES string of the molecule is N=Cc1ccc(OCCNC2CCCc3ccccc32)c2ccccc12.NC(=O)c1ccc(O)c(Cl)c1. The molecule has 4 aromatic carbocycles. The largest absolute Gasteiger partial charge is 0.506 e. The van der Waals surface area contributed by atoms with Crippen LogP contribution in [0.5, 0.6) is 11.5 Å². The lowest BCUT2D eigenvalue weighted by molar-refractivity contribution is 0.100. The maximum atomic E-state index is 10.5. The quantitative estimate of drug-likeness (QED) is 0.178. The fourth-order valence-corrected chi connectivity index (χ4v) is 4.75. The predicted octanol–water partition coefficient (Wildman–Crippen LogP) is 6.03. The summed E-state index contributed by atoms with van der Waals surface area (Å²) < 4.78 is 6.06. The Balaban J connectivity index is 0.000000245. The summed E-state index contributed by atoms with van der Waals surface area (Å²) in [6.45, 7) is 1.45. The van der Waals surface area contributed by atoms with Crippen LogP contribution in [0.3, 0.4) is 0 Å². The average molecular weight is 516 g/mol. The molecule has 5 rings (SSSR count). The van der Waals surface area contributed by atoms with E-state index in [2.05, 4.69) is 35.6 Å². The summed E-state index contributed by atoms with van der Waals surface area (Å²) in [7, 11) is 0. The van der Waals surface area contributed by atoms with Crippen LogP contribution in [-0.4, -0.2) is 30.4 Å². The standard InChI is InChI=1S/C23H24N2O.C7H6ClNO2/c24-16-18-12-13-23(21-10-4-3-8-19(18)21)26-15-14-25-22-11-5-7-17-6-1-2-9-20(17)22;8-5-3-4(7(9)11)1-2-6(5)10/h1-4,6,8-10,12-13,16,22,24-25H,5,7,11,14-15H2;1-3,10H,(H2,9,11). The number of hydrogen-bond acceptors (Lipinski definition) is 5. The highest BCUT2D eigenvalue weighted by molar-refractivity contribution is 6.32. The van der Waals surface area contributed by atoms with E-state index in [1.54, 1.807) is 0 Å². The van der Waals surface area contributed by atoms with Crippen molar-refractivity contribution in [2.24, 2.45) is 5.73 Å². The van der Waals surface area contributed by atoms with Gasteiger partial charge >= 0.3 is 0 Å². The van der Waals surface area contributed by atoms with Gasteiger partial charge in [-0.1, -0.05) is 60.1 Å². The molecule has 1 unspecified atom stereocenters. The first-order valence-corrected chi connectivity index (χ1v) is 12.6. The van der Waals surface area contributed by atoms with Gasteiger partial charge in [0.05, 0.1) is 5.02 Å². The first-order valence-electron chi connectivity index (χ1n) is 12.2. The molecule has 1 amide bonds. The Kier molecular flexibility index (Phi) is 8.77. The van der Waals surface area contributed by atoms with E-state index in [0.717, 1.165) is 28.6 Å². The van der Waals surface area contributed by atoms with Gasteiger partial charge in [-0.05, 0) is 66.1 Å². The summed E-state index contributed by atoms with van der Waals surface area (Å²) in [5, 5.41) is 22.4. The second kappa shape index (κ2) is 12.4. The van der Waals surface area contributed by atoms with Crippen LogP contribution in [-0.2, 0) is 6.42 Å². The molecule has 190 valence electrons. The van der Waals surface area contributed by atoms with E-state index in [9.17, 15) is 4.79 Å². The van der Waals surface area contributed by atoms with Crippen molar-refractivity contribution in [1.29, 1.82) is 5.41 Å². The van der Waals surface area contributed by atoms with Crippen LogP contribution in [0.25, 0.3) is 10.8 Å². The zero-order valence-electron chi connectivity index (χ0n) is 20.4. The Morgan fingerprint density at radius 1 is 1.08 bits per heavy atom. The number of fused-ring (bicyclic) bond motifs is 2. The van der Waals surface area contributed by atoms with E-state index in [1.165, 1.54) is 54.8 Å². The van der Waals surface area contributed by atoms with Crippen molar-refractivity contribution in [3.8, 4) is 11.5 Å². The fourth-order valence-electron chi connectivity index (χ4n) is 4.57. The number of aromatic hydroxyl groups is 1. The Labute approximate surface area is 221 Å². The van der Waals surface area contributed by atoms with Gasteiger partial charge < -0.3 is 26.3 Å². The van der Waals surface area contributed by atoms with Crippen LogP contribution < -0.4 is 15.8 Å². The first kappa shape index (κ1) is 26.2. The van der Waals surface area contributed by atoms with Gasteiger partial charge in [0, 0.05) is 35.3 Å². The zero-order valence-corrected chi connectivity index (χ0v) is 21.2. The third-order valence-corrected chi connectivity index (χ3v) is 6.73. The van der Waals surface area contributed by atoms with Gasteiger partial charge in [-0.15, -0.1) is 0 Å². The number of primary amides is 1. The van der Waals surface area contributed by atoms with Crippen molar-refractivity contribution >= 4 is 34.5 Å². The number of amides is 1. The third-order valence-electron chi connectivity index (χ3n) is 6.43. The Bertz CT molecular complexity index is 1410. The van der Waals surface area contributed by atoms with Gasteiger partial charge in [0.2, 0.25) is 5.91 Å². The molecular formula is C30H30ClN3O3. The minimum Gasteiger partial charge on any atom is -0.506 e. The van der Waals surface area contributed by atoms with Crippen molar-refractivity contribution < 1.29 is 14.6 Å². The molecule has 0 heterocycles. The monoisotopic (exact) mass is 515 g/mol. The fraction of sp³-hybridized carbons (Fsp3) is 0.200. The molecule has 1 aliphatic carbocycles. The molecule has 0 bridgehead atoms. The van der Waals surface area contributed by atoms with Crippen LogP contribution in [0.2, 0.25) is 5.02 Å². The van der Waals surface area contributed by atoms with Gasteiger partial charge in [-0.25, -0.2) is 0 Å². The molecule has 0 saturated heterocycles. The number of carbonyl (C=O) groups is 1. The number of benzene rings is 4. The maximum Gasteiger partial charge on any atom is 0.248 e. The Morgan fingerprint density at radius 2 is 1.84 bits per heavy atom. The maximum absolute atomic E-state index is 10.5. The van der Waals surface area contributed by atoms with Crippen molar-refractivity contribution in [3.05, 3.63) is 106 Å². The molecule has 7 heteroatoms. The number of halogens is 1. The van der Waals surface area contributed by atoms with E-state index in [1.807, 2.05) is 30.3 Å². The minimum absolute atomic E-state index is 0.0586. The summed E-state index contributed by atoms with van der Waals surface area (Å²) in [5.41, 5.74) is 9.08. The van der Waals surface area contributed by atoms with Crippen LogP contribution in [0.4, 0.5) is 0 Å². The molecule has 4 aromatic rings. The van der Waals surface area contributed by atoms with E-state index >= 15 is 0 Å². The summed E-state index contributed by atoms with van der Waals surface area (Å²) in [4.78, 5) is 10.5. The van der Waals surface area contributed by atoms with Gasteiger partial charge in [-0.3, -0.25) is 4.79 Å². The molecule has 0 spiro atoms. The van der Waals surface area contributed by atoms with Crippen molar-refractivity contribution in [3.63, 3.8) is 0 Å². The minimum atomic E-state index is -0.563. The molecule has 0 radical (unpaired) electrons. The summed E-state index contributed by atoms with van der Waals surface area (Å²) in [6, 6.07) is 25.3. The number of nitrogens with two attached hydrogens (primary N) is 1. The summed E-state index contributed by atoms with van der Waals surface area (Å²) in [5.74, 6) is 0.264. The molecule has 5 N–H and O–H groups in total. The highest BCUT2D eigenvalue weighted by Gasteiger charge is 2.18. The van der Waals surface area contributed by atoms with E-state index in [4.69, 9.17) is 32.6 Å². The first-order chi connectivity index (χ1) is 18.0. The van der Waals surface area contributed by atoms with Crippen molar-refractivity contribution in [1.82, 2.24) is 5.32 Å². The molecule has 0 aromatic heterocycles. The van der Waals surface area contributed by atoms with E-state index < -0.39 is 5.91 Å². The predicted molar refractivity (Wildman–Crippen MR) is 149 cm³/mol. The van der Waals surface area contributed by atoms with Crippen LogP contribution >= 0.6 is 11.6 Å². The zero-order chi connectivity index (χ0) is 26.2. The van der Waals surface area contributed by atoms with Crippen molar-refractivity contribution in [2.45, 2.75) is 25.3 Å². The highest BCUT2D eigenvalue weighted by Crippen LogP contribution is 2.30. The third kappa shape index (κ3) is 6.47. The summed E-state index contributed by atoms with van der Waals surface area (Å²) in [6.07, 6.45) is 5.02. The van der Waals surface area contributed by atoms with Crippen LogP contribution in [0.1, 0.15) is 45.9 Å². The molecule has 37 heavy (non-hydrogen) atoms. The lowest BCUT2D eigenvalue weighted by Crippen LogP contribution is -2.28. The number of ether oxygens (including phenoxy) is 1. The molecule has 1 atom stereocenters. The van der Waals surface area contributed by atoms with E-state index in [0.29, 0.717) is 12.6 Å². The molecular weight excluding hydrogens is 486 g/mol. The van der Waals surface area contributed by atoms with Gasteiger partial charge in [0.15, 0.2) is 0 Å². The molecule has 0 saturated carbocycles. The number of carbonyl (C=O) groups excluding carboxylic acids is 1. The molecule has 0 aliphatic heterocycles. The smallest absolute Gasteiger partial charge is 0.248 e. The number of rotatable bonds is 7. The van der Waals surface area contributed by atoms with Gasteiger partial charge in [0.25, 0.3) is 0 Å². The number of nitrogens with one attached hydrogen (secondary N) is 2. The molecule has 0 fully saturated rings. The Hall–Kier alpha value is -3.87. The topological polar surface area (TPSA) is 108 Å². The number of phenols is 1. The van der Waals surface area contributed by atoms with Crippen LogP contribution in [0.15, 0.2) is 78.9 Å². The second-order valence-electron chi connectivity index (χ2n) is 8.82. The Morgan fingerprint density at radius 3 is 2.59 bits per heavy atom. The second-order valence-corrected chi connectivity index (χ2v) is 9.23. The average Bonchev–Trinajstić information content (AvgIpc) is 2.93. The van der Waals surface area contributed by atoms with Crippen molar-refractivity contribution in [2.75, 3.05) is 13.2 Å². The summed E-state index contributed by atoms with van der Waals surface area (Å²) >= 11 is 5.50. The van der Waals surface area contributed by atoms with Gasteiger partial charge in [0.1, 0.15) is 18.1 Å². The van der Waals surface area contributed by atoms with E-state index in [-0.39, 0.29) is 16.3 Å². The lowest BCUT2D eigenvalue weighted by atomic mass is 9.88. The normalized spacial score (nSPS) is 14.2. The molecule has 1 aliphatic rings. The number of aryl methyl sites for hydroxylation is 1.